The normalized spacial score (nSPS) is 20.0. The van der Waals surface area contributed by atoms with E-state index in [2.05, 4.69) is 0 Å². The van der Waals surface area contributed by atoms with Crippen LogP contribution in [0.2, 0.25) is 0 Å². The highest BCUT2D eigenvalue weighted by Crippen LogP contribution is 2.17. The average molecular weight is 225 g/mol. The molecule has 0 aromatic rings. The van der Waals surface area contributed by atoms with E-state index < -0.39 is 11.7 Å². The maximum Gasteiger partial charge on any atom is 0.410 e. The molecule has 5 nitrogen and oxygen atoms in total. The average Bonchev–Trinajstić information content (AvgIpc) is 2.44. The third-order valence-electron chi connectivity index (χ3n) is 2.19. The quantitative estimate of drug-likeness (QED) is 0.655. The highest BCUT2D eigenvalue weighted by atomic mass is 16.6. The monoisotopic (exact) mass is 225 g/mol. The van der Waals surface area contributed by atoms with Crippen molar-refractivity contribution < 1.29 is 9.53 Å². The third-order valence-corrected chi connectivity index (χ3v) is 2.19. The molecule has 16 heavy (non-hydrogen) atoms. The van der Waals surface area contributed by atoms with Crippen molar-refractivity contribution >= 4 is 11.8 Å². The van der Waals surface area contributed by atoms with Crippen LogP contribution < -0.4 is 5.73 Å². The Balaban J connectivity index is 2.70. The highest BCUT2D eigenvalue weighted by Gasteiger charge is 2.30. The fourth-order valence-corrected chi connectivity index (χ4v) is 1.45. The Morgan fingerprint density at radius 3 is 2.38 bits per heavy atom. The Kier molecular flexibility index (Phi) is 3.26. The molecule has 0 saturated carbocycles. The van der Waals surface area contributed by atoms with Crippen LogP contribution in [0.5, 0.6) is 0 Å². The fraction of sp³-hybridized carbons (Fsp3) is 0.636. The Hall–Kier alpha value is -1.52. The molecule has 1 aliphatic rings. The molecule has 0 spiro atoms. The lowest BCUT2D eigenvalue weighted by Gasteiger charge is -2.23. The number of rotatable bonds is 0. The van der Waals surface area contributed by atoms with Crippen LogP contribution in [0.1, 0.15) is 27.7 Å². The second-order valence-electron chi connectivity index (χ2n) is 4.98. The van der Waals surface area contributed by atoms with Gasteiger partial charge in [0.2, 0.25) is 0 Å². The number of carbonyl (C=O) groups is 1. The van der Waals surface area contributed by atoms with Gasteiger partial charge in [-0.15, -0.1) is 0 Å². The predicted octanol–water partition coefficient (Wildman–Crippen LogP) is 1.49. The van der Waals surface area contributed by atoms with Crippen LogP contribution in [0.25, 0.3) is 0 Å². The number of nitrogens with two attached hydrogens (primary N) is 1. The molecule has 1 heterocycles. The number of hydrogen-bond acceptors (Lipinski definition) is 4. The third kappa shape index (κ3) is 2.98. The second kappa shape index (κ2) is 4.15. The molecule has 0 aromatic carbocycles. The van der Waals surface area contributed by atoms with E-state index in [0.717, 1.165) is 5.57 Å². The van der Waals surface area contributed by atoms with Crippen molar-refractivity contribution in [2.75, 3.05) is 13.1 Å². The van der Waals surface area contributed by atoms with Crippen molar-refractivity contribution in [3.63, 3.8) is 0 Å². The lowest BCUT2D eigenvalue weighted by molar-refractivity contribution is 0.0309. The number of nitrogens with zero attached hydrogens (tertiary/aromatic N) is 1. The standard InChI is InChI=1S/C11H19N3O2/c1-7(12)8-5-14(6-9(8)13)10(15)16-11(2,3)4/h13H,5-6,12H2,1-4H3/b8-7-,13-9?. The summed E-state index contributed by atoms with van der Waals surface area (Å²) in [4.78, 5) is 13.2. The summed E-state index contributed by atoms with van der Waals surface area (Å²) in [5.74, 6) is 0. The van der Waals surface area contributed by atoms with E-state index in [1.54, 1.807) is 6.92 Å². The van der Waals surface area contributed by atoms with E-state index in [9.17, 15) is 4.79 Å². The van der Waals surface area contributed by atoms with Gasteiger partial charge < -0.3 is 15.9 Å². The zero-order valence-electron chi connectivity index (χ0n) is 10.3. The van der Waals surface area contributed by atoms with Gasteiger partial charge in [0.05, 0.1) is 18.8 Å². The van der Waals surface area contributed by atoms with E-state index in [-0.39, 0.29) is 6.54 Å². The Morgan fingerprint density at radius 2 is 2.00 bits per heavy atom. The van der Waals surface area contributed by atoms with Gasteiger partial charge in [0, 0.05) is 11.3 Å². The lowest BCUT2D eigenvalue weighted by Crippen LogP contribution is -2.35. The van der Waals surface area contributed by atoms with Crippen molar-refractivity contribution in [3.05, 3.63) is 11.3 Å². The molecule has 1 rings (SSSR count). The highest BCUT2D eigenvalue weighted by molar-refractivity contribution is 6.04. The minimum Gasteiger partial charge on any atom is -0.444 e. The molecule has 0 aromatic heterocycles. The first-order valence-corrected chi connectivity index (χ1v) is 5.21. The van der Waals surface area contributed by atoms with Crippen LogP contribution >= 0.6 is 0 Å². The van der Waals surface area contributed by atoms with Crippen LogP contribution in [0.4, 0.5) is 4.79 Å². The van der Waals surface area contributed by atoms with Crippen LogP contribution in [0.3, 0.4) is 0 Å². The van der Waals surface area contributed by atoms with Crippen molar-refractivity contribution in [2.45, 2.75) is 33.3 Å². The first-order chi connectivity index (χ1) is 7.20. The van der Waals surface area contributed by atoms with Crippen molar-refractivity contribution in [1.82, 2.24) is 4.90 Å². The number of hydrogen-bond donors (Lipinski definition) is 2. The van der Waals surface area contributed by atoms with Gasteiger partial charge in [-0.3, -0.25) is 4.90 Å². The van der Waals surface area contributed by atoms with Gasteiger partial charge in [0.25, 0.3) is 0 Å². The molecule has 1 fully saturated rings. The molecule has 5 heteroatoms. The van der Waals surface area contributed by atoms with Crippen LogP contribution in [-0.4, -0.2) is 35.4 Å². The molecular formula is C11H19N3O2. The molecule has 0 atom stereocenters. The minimum absolute atomic E-state index is 0.277. The van der Waals surface area contributed by atoms with Gasteiger partial charge >= 0.3 is 6.09 Å². The molecule has 3 N–H and O–H groups in total. The molecule has 0 radical (unpaired) electrons. The number of allylic oxidation sites excluding steroid dienone is 1. The smallest absolute Gasteiger partial charge is 0.410 e. The first-order valence-electron chi connectivity index (χ1n) is 5.21. The zero-order chi connectivity index (χ0) is 12.5. The SMILES string of the molecule is C/C(N)=C1\CN(C(=O)OC(C)(C)C)CC1=N. The van der Waals surface area contributed by atoms with Gasteiger partial charge in [-0.25, -0.2) is 4.79 Å². The summed E-state index contributed by atoms with van der Waals surface area (Å²) in [5, 5.41) is 7.70. The number of carbonyl (C=O) groups excluding carboxylic acids is 1. The maximum atomic E-state index is 11.7. The van der Waals surface area contributed by atoms with Crippen LogP contribution in [0, 0.1) is 5.41 Å². The van der Waals surface area contributed by atoms with Gasteiger partial charge in [0.15, 0.2) is 0 Å². The maximum absolute atomic E-state index is 11.7. The van der Waals surface area contributed by atoms with E-state index >= 15 is 0 Å². The molecule has 1 amide bonds. The molecule has 0 unspecified atom stereocenters. The topological polar surface area (TPSA) is 79.4 Å². The number of nitrogens with one attached hydrogen (secondary N) is 1. The van der Waals surface area contributed by atoms with Gasteiger partial charge in [-0.05, 0) is 27.7 Å². The molecule has 0 bridgehead atoms. The number of likely N-dealkylation sites (tertiary alicyclic amines) is 1. The number of amides is 1. The molecule has 1 aliphatic heterocycles. The molecule has 0 aliphatic carbocycles. The minimum atomic E-state index is -0.510. The van der Waals surface area contributed by atoms with Crippen molar-refractivity contribution in [2.24, 2.45) is 5.73 Å². The Morgan fingerprint density at radius 1 is 1.44 bits per heavy atom. The Labute approximate surface area is 95.8 Å². The van der Waals surface area contributed by atoms with Gasteiger partial charge in [-0.2, -0.15) is 0 Å². The van der Waals surface area contributed by atoms with E-state index in [1.807, 2.05) is 20.8 Å². The van der Waals surface area contributed by atoms with Crippen molar-refractivity contribution in [1.29, 1.82) is 5.41 Å². The van der Waals surface area contributed by atoms with Crippen LogP contribution in [-0.2, 0) is 4.74 Å². The molecular weight excluding hydrogens is 206 g/mol. The Bertz CT molecular complexity index is 349. The molecule has 90 valence electrons. The largest absolute Gasteiger partial charge is 0.444 e. The van der Waals surface area contributed by atoms with Gasteiger partial charge in [-0.1, -0.05) is 0 Å². The van der Waals surface area contributed by atoms with Crippen LogP contribution in [0.15, 0.2) is 11.3 Å². The second-order valence-corrected chi connectivity index (χ2v) is 4.98. The first kappa shape index (κ1) is 12.5. The van der Waals surface area contributed by atoms with E-state index in [0.29, 0.717) is 18.0 Å². The summed E-state index contributed by atoms with van der Waals surface area (Å²) in [6.45, 7) is 7.84. The summed E-state index contributed by atoms with van der Waals surface area (Å²) in [6.07, 6.45) is -0.395. The summed E-state index contributed by atoms with van der Waals surface area (Å²) in [6, 6.07) is 0. The number of ether oxygens (including phenoxy) is 1. The van der Waals surface area contributed by atoms with Gasteiger partial charge in [0.1, 0.15) is 5.60 Å². The predicted molar refractivity (Wildman–Crippen MR) is 62.4 cm³/mol. The van der Waals surface area contributed by atoms with E-state index in [4.69, 9.17) is 15.9 Å². The summed E-state index contributed by atoms with van der Waals surface area (Å²) >= 11 is 0. The zero-order valence-corrected chi connectivity index (χ0v) is 10.3. The summed E-state index contributed by atoms with van der Waals surface area (Å²) < 4.78 is 5.22. The summed E-state index contributed by atoms with van der Waals surface area (Å²) in [5.41, 5.74) is 6.84. The lowest BCUT2D eigenvalue weighted by atomic mass is 10.2. The molecule has 1 saturated heterocycles. The summed E-state index contributed by atoms with van der Waals surface area (Å²) in [7, 11) is 0. The van der Waals surface area contributed by atoms with Crippen molar-refractivity contribution in [3.8, 4) is 0 Å². The van der Waals surface area contributed by atoms with E-state index in [1.165, 1.54) is 4.90 Å². The fourth-order valence-electron chi connectivity index (χ4n) is 1.45.